The highest BCUT2D eigenvalue weighted by Crippen LogP contribution is 1.71. The molecule has 0 saturated carbocycles. The van der Waals surface area contributed by atoms with Crippen molar-refractivity contribution < 1.29 is 38.1 Å². The molecule has 0 spiro atoms. The molecule has 8 nitrogen and oxygen atoms in total. The summed E-state index contributed by atoms with van der Waals surface area (Å²) >= 11 is 0. The van der Waals surface area contributed by atoms with Crippen LogP contribution in [0.4, 0.5) is 0 Å². The van der Waals surface area contributed by atoms with E-state index in [1.807, 2.05) is 0 Å². The first-order valence-corrected chi connectivity index (χ1v) is 7.62. The predicted octanol–water partition coefficient (Wildman–Crippen LogP) is 2.28. The molecule has 0 aliphatic carbocycles. The molecule has 0 atom stereocenters. The first kappa shape index (κ1) is 29.8. The van der Waals surface area contributed by atoms with Crippen LogP contribution in [0.25, 0.3) is 0 Å². The van der Waals surface area contributed by atoms with Crippen molar-refractivity contribution in [2.24, 2.45) is 0 Å². The normalized spacial score (nSPS) is 7.67. The predicted molar refractivity (Wildman–Crippen MR) is 89.2 cm³/mol. The highest BCUT2D eigenvalue weighted by molar-refractivity contribution is 5.66. The molecule has 0 amide bonds. The molecule has 0 bridgehead atoms. The van der Waals surface area contributed by atoms with E-state index in [1.165, 1.54) is 27.7 Å². The van der Waals surface area contributed by atoms with E-state index in [4.69, 9.17) is 0 Å². The Balaban J connectivity index is -0.000000111. The molecule has 0 fully saturated rings. The molecule has 8 heteroatoms. The fourth-order valence-corrected chi connectivity index (χ4v) is 0.813. The van der Waals surface area contributed by atoms with Gasteiger partial charge in [0.05, 0.1) is 26.4 Å². The average molecular weight is 352 g/mol. The van der Waals surface area contributed by atoms with Crippen molar-refractivity contribution in [3.8, 4) is 0 Å². The van der Waals surface area contributed by atoms with Crippen LogP contribution < -0.4 is 0 Å². The van der Waals surface area contributed by atoms with Crippen molar-refractivity contribution in [3.05, 3.63) is 0 Å². The van der Waals surface area contributed by atoms with Gasteiger partial charge in [-0.2, -0.15) is 0 Å². The lowest BCUT2D eigenvalue weighted by atomic mass is 10.8. The zero-order valence-electron chi connectivity index (χ0n) is 16.1. The second kappa shape index (κ2) is 25.8. The van der Waals surface area contributed by atoms with Crippen LogP contribution in [0.2, 0.25) is 0 Å². The molecule has 144 valence electrons. The number of carbonyl (C=O) groups is 4. The van der Waals surface area contributed by atoms with Gasteiger partial charge in [-0.15, -0.1) is 0 Å². The van der Waals surface area contributed by atoms with E-state index in [9.17, 15) is 19.2 Å². The van der Waals surface area contributed by atoms with Gasteiger partial charge in [0.1, 0.15) is 0 Å². The monoisotopic (exact) mass is 352 g/mol. The summed E-state index contributed by atoms with van der Waals surface area (Å²) in [5, 5.41) is 0. The number of rotatable bonds is 4. The van der Waals surface area contributed by atoms with E-state index in [0.717, 1.165) is 0 Å². The van der Waals surface area contributed by atoms with Gasteiger partial charge in [0.2, 0.25) is 0 Å². The van der Waals surface area contributed by atoms with Gasteiger partial charge in [0.15, 0.2) is 0 Å². The van der Waals surface area contributed by atoms with E-state index < -0.39 is 0 Å². The molecular weight excluding hydrogens is 320 g/mol. The Bertz CT molecular complexity index is 262. The highest BCUT2D eigenvalue weighted by atomic mass is 16.5. The maximum absolute atomic E-state index is 9.82. The van der Waals surface area contributed by atoms with E-state index in [2.05, 4.69) is 18.9 Å². The Labute approximate surface area is 144 Å². The summed E-state index contributed by atoms with van der Waals surface area (Å²) in [7, 11) is 0. The van der Waals surface area contributed by atoms with Crippen molar-refractivity contribution in [2.75, 3.05) is 26.4 Å². The Morgan fingerprint density at radius 3 is 0.583 bits per heavy atom. The molecule has 0 aromatic carbocycles. The van der Waals surface area contributed by atoms with Gasteiger partial charge in [0, 0.05) is 27.7 Å². The van der Waals surface area contributed by atoms with Gasteiger partial charge in [-0.1, -0.05) is 0 Å². The minimum atomic E-state index is -0.211. The van der Waals surface area contributed by atoms with E-state index in [-0.39, 0.29) is 23.9 Å². The van der Waals surface area contributed by atoms with Crippen molar-refractivity contribution in [1.29, 1.82) is 0 Å². The summed E-state index contributed by atoms with van der Waals surface area (Å²) in [6.07, 6.45) is 0. The van der Waals surface area contributed by atoms with Gasteiger partial charge in [-0.05, 0) is 27.7 Å². The average Bonchev–Trinajstić information content (AvgIpc) is 2.39. The molecule has 0 saturated heterocycles. The summed E-state index contributed by atoms with van der Waals surface area (Å²) in [6.45, 7) is 14.6. The zero-order chi connectivity index (χ0) is 20.0. The number of hydrogen-bond acceptors (Lipinski definition) is 8. The van der Waals surface area contributed by atoms with Gasteiger partial charge in [-0.25, -0.2) is 0 Å². The number of ether oxygens (including phenoxy) is 4. The third-order valence-electron chi connectivity index (χ3n) is 1.39. The maximum Gasteiger partial charge on any atom is 0.302 e. The highest BCUT2D eigenvalue weighted by Gasteiger charge is 1.83. The largest absolute Gasteiger partial charge is 0.466 e. The quantitative estimate of drug-likeness (QED) is 0.560. The van der Waals surface area contributed by atoms with Crippen LogP contribution in [-0.4, -0.2) is 50.3 Å². The molecular formula is C16H32O8. The Hall–Kier alpha value is -2.12. The van der Waals surface area contributed by atoms with Gasteiger partial charge >= 0.3 is 23.9 Å². The van der Waals surface area contributed by atoms with Gasteiger partial charge in [0.25, 0.3) is 0 Å². The lowest BCUT2D eigenvalue weighted by Crippen LogP contribution is -1.95. The topological polar surface area (TPSA) is 105 Å². The second-order valence-corrected chi connectivity index (χ2v) is 3.70. The number of carbonyl (C=O) groups excluding carboxylic acids is 4. The smallest absolute Gasteiger partial charge is 0.302 e. The summed E-state index contributed by atoms with van der Waals surface area (Å²) in [5.41, 5.74) is 0. The van der Waals surface area contributed by atoms with Crippen molar-refractivity contribution >= 4 is 23.9 Å². The maximum atomic E-state index is 9.82. The fourth-order valence-electron chi connectivity index (χ4n) is 0.813. The SMILES string of the molecule is CCOC(C)=O.CCOC(C)=O.CCOC(C)=O.CCOC(C)=O. The molecule has 0 aromatic heterocycles. The molecule has 0 N–H and O–H groups in total. The van der Waals surface area contributed by atoms with Crippen LogP contribution >= 0.6 is 0 Å². The Morgan fingerprint density at radius 1 is 0.458 bits per heavy atom. The van der Waals surface area contributed by atoms with E-state index in [0.29, 0.717) is 26.4 Å². The van der Waals surface area contributed by atoms with E-state index >= 15 is 0 Å². The zero-order valence-corrected chi connectivity index (χ0v) is 16.1. The Kier molecular flexibility index (Phi) is 32.1. The fraction of sp³-hybridized carbons (Fsp3) is 0.750. The molecule has 0 rings (SSSR count). The minimum absolute atomic E-state index is 0.211. The van der Waals surface area contributed by atoms with Crippen molar-refractivity contribution in [3.63, 3.8) is 0 Å². The summed E-state index contributed by atoms with van der Waals surface area (Å²) in [6, 6.07) is 0. The Morgan fingerprint density at radius 2 is 0.583 bits per heavy atom. The lowest BCUT2D eigenvalue weighted by molar-refractivity contribution is -0.141. The lowest BCUT2D eigenvalue weighted by Gasteiger charge is -1.89. The molecule has 0 aromatic rings. The first-order chi connectivity index (χ1) is 11.1. The third-order valence-corrected chi connectivity index (χ3v) is 1.39. The van der Waals surface area contributed by atoms with Crippen LogP contribution in [0.15, 0.2) is 0 Å². The standard InChI is InChI=1S/4C4H8O2/c4*1-3-6-4(2)5/h4*3H2,1-2H3. The van der Waals surface area contributed by atoms with Gasteiger partial charge < -0.3 is 18.9 Å². The molecule has 0 heterocycles. The summed E-state index contributed by atoms with van der Waals surface area (Å²) in [5.74, 6) is -0.843. The van der Waals surface area contributed by atoms with Crippen LogP contribution in [-0.2, 0) is 38.1 Å². The van der Waals surface area contributed by atoms with Crippen LogP contribution in [0.5, 0.6) is 0 Å². The summed E-state index contributed by atoms with van der Waals surface area (Å²) < 4.78 is 17.6. The van der Waals surface area contributed by atoms with Crippen molar-refractivity contribution in [1.82, 2.24) is 0 Å². The molecule has 0 radical (unpaired) electrons. The molecule has 24 heavy (non-hydrogen) atoms. The third kappa shape index (κ3) is 72.6. The van der Waals surface area contributed by atoms with Crippen LogP contribution in [0, 0.1) is 0 Å². The molecule has 0 aliphatic rings. The van der Waals surface area contributed by atoms with Gasteiger partial charge in [-0.3, -0.25) is 19.2 Å². The minimum Gasteiger partial charge on any atom is -0.466 e. The number of esters is 4. The van der Waals surface area contributed by atoms with Crippen molar-refractivity contribution in [2.45, 2.75) is 55.4 Å². The first-order valence-electron chi connectivity index (χ1n) is 7.62. The molecule has 0 unspecified atom stereocenters. The van der Waals surface area contributed by atoms with E-state index in [1.54, 1.807) is 27.7 Å². The number of hydrogen-bond donors (Lipinski definition) is 0. The van der Waals surface area contributed by atoms with Crippen LogP contribution in [0.3, 0.4) is 0 Å². The second-order valence-electron chi connectivity index (χ2n) is 3.70. The molecule has 0 aliphatic heterocycles. The summed E-state index contributed by atoms with van der Waals surface area (Å²) in [4.78, 5) is 39.3. The van der Waals surface area contributed by atoms with Crippen LogP contribution in [0.1, 0.15) is 55.4 Å².